The summed E-state index contributed by atoms with van der Waals surface area (Å²) in [5.41, 5.74) is 2.58. The molecule has 27 heavy (non-hydrogen) atoms. The van der Waals surface area contributed by atoms with Crippen LogP contribution in [0.2, 0.25) is 0 Å². The maximum Gasteiger partial charge on any atom is 0.238 e. The van der Waals surface area contributed by atoms with Crippen molar-refractivity contribution in [1.82, 2.24) is 16.0 Å². The van der Waals surface area contributed by atoms with E-state index in [1.807, 2.05) is 0 Å². The van der Waals surface area contributed by atoms with Crippen LogP contribution >= 0.6 is 0 Å². The van der Waals surface area contributed by atoms with Gasteiger partial charge in [-0.25, -0.2) is 0 Å². The van der Waals surface area contributed by atoms with Crippen molar-refractivity contribution in [3.8, 4) is 0 Å². The quantitative estimate of drug-likeness (QED) is 0.722. The Hall–Kier alpha value is -1.88. The second-order valence-electron chi connectivity index (χ2n) is 9.22. The fourth-order valence-electron chi connectivity index (χ4n) is 4.05. The number of hydrogen-bond donors (Lipinski definition) is 3. The first-order valence-electron chi connectivity index (χ1n) is 10.3. The summed E-state index contributed by atoms with van der Waals surface area (Å²) < 4.78 is 0. The molecule has 2 aliphatic carbocycles. The maximum absolute atomic E-state index is 13.0. The predicted molar refractivity (Wildman–Crippen MR) is 105 cm³/mol. The van der Waals surface area contributed by atoms with Crippen molar-refractivity contribution in [3.05, 3.63) is 35.4 Å². The molecule has 2 amide bonds. The SMILES string of the molecule is CC(C)c1ccc([C@H](NC(=O)C2CC(=O)NC(C3CC3)N2)C2(C)CC2)cc1. The molecule has 3 N–H and O–H groups in total. The zero-order valence-corrected chi connectivity index (χ0v) is 16.5. The van der Waals surface area contributed by atoms with Crippen LogP contribution in [0.5, 0.6) is 0 Å². The zero-order chi connectivity index (χ0) is 19.2. The Morgan fingerprint density at radius 3 is 2.33 bits per heavy atom. The molecule has 146 valence electrons. The lowest BCUT2D eigenvalue weighted by Crippen LogP contribution is -2.61. The smallest absolute Gasteiger partial charge is 0.238 e. The van der Waals surface area contributed by atoms with E-state index in [0.29, 0.717) is 11.8 Å². The lowest BCUT2D eigenvalue weighted by Gasteiger charge is -2.33. The predicted octanol–water partition coefficient (Wildman–Crippen LogP) is 2.98. The molecule has 0 spiro atoms. The van der Waals surface area contributed by atoms with Crippen LogP contribution in [0, 0.1) is 11.3 Å². The normalized spacial score (nSPS) is 27.8. The third-order valence-corrected chi connectivity index (χ3v) is 6.46. The van der Waals surface area contributed by atoms with Gasteiger partial charge in [0, 0.05) is 0 Å². The van der Waals surface area contributed by atoms with Crippen LogP contribution in [0.15, 0.2) is 24.3 Å². The molecule has 1 aliphatic heterocycles. The van der Waals surface area contributed by atoms with Gasteiger partial charge in [0.05, 0.1) is 24.7 Å². The number of hydrogen-bond acceptors (Lipinski definition) is 3. The first kappa shape index (κ1) is 18.5. The number of carbonyl (C=O) groups excluding carboxylic acids is 2. The van der Waals surface area contributed by atoms with Crippen molar-refractivity contribution in [3.63, 3.8) is 0 Å². The monoisotopic (exact) mass is 369 g/mol. The Balaban J connectivity index is 1.48. The number of carbonyl (C=O) groups is 2. The standard InChI is InChI=1S/C22H31N3O2/c1-13(2)14-4-6-15(7-5-14)19(22(3)10-11-22)25-21(27)17-12-18(26)24-20(23-17)16-8-9-16/h4-7,13,16-17,19-20,23H,8-12H2,1-3H3,(H,24,26)(H,25,27)/t17?,19-,20?/m0/s1. The Morgan fingerprint density at radius 1 is 1.15 bits per heavy atom. The van der Waals surface area contributed by atoms with Crippen LogP contribution in [0.3, 0.4) is 0 Å². The van der Waals surface area contributed by atoms with Gasteiger partial charge in [-0.15, -0.1) is 0 Å². The highest BCUT2D eigenvalue weighted by Crippen LogP contribution is 2.54. The molecule has 1 aromatic carbocycles. The van der Waals surface area contributed by atoms with Crippen molar-refractivity contribution < 1.29 is 9.59 Å². The molecular weight excluding hydrogens is 338 g/mol. The Morgan fingerprint density at radius 2 is 1.78 bits per heavy atom. The Bertz CT molecular complexity index is 720. The zero-order valence-electron chi connectivity index (χ0n) is 16.5. The van der Waals surface area contributed by atoms with Crippen molar-refractivity contribution in [2.24, 2.45) is 11.3 Å². The second kappa shape index (κ2) is 6.93. The van der Waals surface area contributed by atoms with Crippen molar-refractivity contribution >= 4 is 11.8 Å². The van der Waals surface area contributed by atoms with Gasteiger partial charge < -0.3 is 10.6 Å². The van der Waals surface area contributed by atoms with E-state index in [4.69, 9.17) is 0 Å². The Labute approximate surface area is 161 Å². The molecule has 3 atom stereocenters. The van der Waals surface area contributed by atoms with E-state index >= 15 is 0 Å². The maximum atomic E-state index is 13.0. The molecule has 3 fully saturated rings. The molecular formula is C22H31N3O2. The molecule has 2 saturated carbocycles. The van der Waals surface area contributed by atoms with E-state index < -0.39 is 6.04 Å². The number of nitrogens with one attached hydrogen (secondary N) is 3. The number of amides is 2. The molecule has 0 bridgehead atoms. The lowest BCUT2D eigenvalue weighted by atomic mass is 9.89. The molecule has 1 saturated heterocycles. The Kier molecular flexibility index (Phi) is 4.75. The average molecular weight is 370 g/mol. The highest BCUT2D eigenvalue weighted by molar-refractivity contribution is 5.90. The first-order chi connectivity index (χ1) is 12.9. The summed E-state index contributed by atoms with van der Waals surface area (Å²) in [5, 5.41) is 9.60. The highest BCUT2D eigenvalue weighted by atomic mass is 16.2. The van der Waals surface area contributed by atoms with Gasteiger partial charge in [-0.2, -0.15) is 0 Å². The van der Waals surface area contributed by atoms with Crippen LogP contribution < -0.4 is 16.0 Å². The van der Waals surface area contributed by atoms with Gasteiger partial charge in [-0.05, 0) is 54.1 Å². The largest absolute Gasteiger partial charge is 0.347 e. The minimum Gasteiger partial charge on any atom is -0.347 e. The van der Waals surface area contributed by atoms with Gasteiger partial charge in [-0.3, -0.25) is 14.9 Å². The van der Waals surface area contributed by atoms with Gasteiger partial charge >= 0.3 is 0 Å². The highest BCUT2D eigenvalue weighted by Gasteiger charge is 2.47. The third kappa shape index (κ3) is 4.03. The van der Waals surface area contributed by atoms with Gasteiger partial charge in [0.25, 0.3) is 0 Å². The minimum atomic E-state index is -0.441. The van der Waals surface area contributed by atoms with Gasteiger partial charge in [-0.1, -0.05) is 45.0 Å². The molecule has 5 nitrogen and oxygen atoms in total. The topological polar surface area (TPSA) is 70.2 Å². The summed E-state index contributed by atoms with van der Waals surface area (Å²) in [4.78, 5) is 25.1. The molecule has 2 unspecified atom stereocenters. The summed E-state index contributed by atoms with van der Waals surface area (Å²) in [5.74, 6) is 0.889. The molecule has 1 aromatic rings. The summed E-state index contributed by atoms with van der Waals surface area (Å²) in [6.45, 7) is 6.61. The number of rotatable bonds is 6. The van der Waals surface area contributed by atoms with Crippen molar-refractivity contribution in [2.75, 3.05) is 0 Å². The van der Waals surface area contributed by atoms with Gasteiger partial charge in [0.2, 0.25) is 11.8 Å². The van der Waals surface area contributed by atoms with Gasteiger partial charge in [0.15, 0.2) is 0 Å². The molecule has 3 aliphatic rings. The van der Waals surface area contributed by atoms with E-state index in [-0.39, 0.29) is 35.9 Å². The summed E-state index contributed by atoms with van der Waals surface area (Å²) in [7, 11) is 0. The van der Waals surface area contributed by atoms with Crippen molar-refractivity contribution in [2.45, 2.75) is 77.0 Å². The van der Waals surface area contributed by atoms with Crippen LogP contribution in [-0.2, 0) is 9.59 Å². The van der Waals surface area contributed by atoms with Crippen LogP contribution in [-0.4, -0.2) is 24.0 Å². The molecule has 4 rings (SSSR count). The fourth-order valence-corrected chi connectivity index (χ4v) is 4.05. The summed E-state index contributed by atoms with van der Waals surface area (Å²) >= 11 is 0. The second-order valence-corrected chi connectivity index (χ2v) is 9.22. The summed E-state index contributed by atoms with van der Waals surface area (Å²) in [6, 6.07) is 8.19. The lowest BCUT2D eigenvalue weighted by molar-refractivity contribution is -0.132. The fraction of sp³-hybridized carbons (Fsp3) is 0.636. The van der Waals surface area contributed by atoms with Crippen LogP contribution in [0.4, 0.5) is 0 Å². The molecule has 1 heterocycles. The average Bonchev–Trinajstić information content (AvgIpc) is 3.55. The third-order valence-electron chi connectivity index (χ3n) is 6.46. The van der Waals surface area contributed by atoms with E-state index in [1.165, 1.54) is 5.56 Å². The summed E-state index contributed by atoms with van der Waals surface area (Å²) in [6.07, 6.45) is 4.64. The first-order valence-corrected chi connectivity index (χ1v) is 10.3. The van der Waals surface area contributed by atoms with Crippen molar-refractivity contribution in [1.29, 1.82) is 0 Å². The van der Waals surface area contributed by atoms with Crippen LogP contribution in [0.25, 0.3) is 0 Å². The molecule has 0 aromatic heterocycles. The van der Waals surface area contributed by atoms with E-state index in [2.05, 4.69) is 61.0 Å². The van der Waals surface area contributed by atoms with Crippen LogP contribution in [0.1, 0.15) is 76.0 Å². The number of benzene rings is 1. The van der Waals surface area contributed by atoms with E-state index in [1.54, 1.807) is 0 Å². The molecule has 5 heteroatoms. The van der Waals surface area contributed by atoms with Gasteiger partial charge in [0.1, 0.15) is 0 Å². The minimum absolute atomic E-state index is 0.00243. The van der Waals surface area contributed by atoms with E-state index in [9.17, 15) is 9.59 Å². The molecule has 0 radical (unpaired) electrons. The van der Waals surface area contributed by atoms with E-state index in [0.717, 1.165) is 31.2 Å².